The zero-order chi connectivity index (χ0) is 13.8. The summed E-state index contributed by atoms with van der Waals surface area (Å²) in [5, 5.41) is 4.24. The van der Waals surface area contributed by atoms with Crippen LogP contribution in [0, 0.1) is 0 Å². The Bertz CT molecular complexity index is 464. The second-order valence-corrected chi connectivity index (χ2v) is 5.81. The van der Waals surface area contributed by atoms with Gasteiger partial charge in [0.2, 0.25) is 0 Å². The van der Waals surface area contributed by atoms with Crippen LogP contribution in [0.2, 0.25) is 5.02 Å². The first-order valence-corrected chi connectivity index (χ1v) is 7.47. The molecule has 1 aromatic carbocycles. The van der Waals surface area contributed by atoms with E-state index in [1.54, 1.807) is 0 Å². The van der Waals surface area contributed by atoms with E-state index in [0.717, 1.165) is 24.3 Å². The summed E-state index contributed by atoms with van der Waals surface area (Å²) in [6, 6.07) is 6.04. The van der Waals surface area contributed by atoms with Gasteiger partial charge in [-0.25, -0.2) is 0 Å². The number of hydrogen-bond donors (Lipinski definition) is 2. The number of piperidine rings is 1. The third kappa shape index (κ3) is 3.81. The average Bonchev–Trinajstić information content (AvgIpc) is 2.38. The van der Waals surface area contributed by atoms with Crippen molar-refractivity contribution in [2.24, 2.45) is 5.73 Å². The van der Waals surface area contributed by atoms with Crippen LogP contribution in [0.15, 0.2) is 18.2 Å². The number of nitrogens with zero attached hydrogens (tertiary/aromatic N) is 1. The van der Waals surface area contributed by atoms with Crippen LogP contribution in [0.4, 0.5) is 5.69 Å². The van der Waals surface area contributed by atoms with E-state index in [2.05, 4.69) is 17.1 Å². The minimum absolute atomic E-state index is 0.405. The monoisotopic (exact) mass is 297 g/mol. The van der Waals surface area contributed by atoms with E-state index < -0.39 is 0 Å². The smallest absolute Gasteiger partial charge is 0.106 e. The molecule has 3 N–H and O–H groups in total. The Kier molecular flexibility index (Phi) is 5.02. The maximum Gasteiger partial charge on any atom is 0.106 e. The van der Waals surface area contributed by atoms with Crippen LogP contribution in [0.1, 0.15) is 25.3 Å². The van der Waals surface area contributed by atoms with Crippen LogP contribution < -0.4 is 11.1 Å². The fourth-order valence-corrected chi connectivity index (χ4v) is 2.88. The molecule has 0 radical (unpaired) electrons. The van der Waals surface area contributed by atoms with Gasteiger partial charge in [-0.15, -0.1) is 0 Å². The summed E-state index contributed by atoms with van der Waals surface area (Å²) < 4.78 is 0. The van der Waals surface area contributed by atoms with Crippen molar-refractivity contribution >= 4 is 34.5 Å². The minimum atomic E-state index is 0.405. The normalized spacial score (nSPS) is 20.2. The van der Waals surface area contributed by atoms with E-state index in [9.17, 15) is 0 Å². The van der Waals surface area contributed by atoms with E-state index in [1.807, 2.05) is 18.2 Å². The molecule has 0 bridgehead atoms. The van der Waals surface area contributed by atoms with Crippen molar-refractivity contribution in [1.29, 1.82) is 0 Å². The second kappa shape index (κ2) is 6.55. The van der Waals surface area contributed by atoms with Crippen LogP contribution in [-0.4, -0.2) is 35.6 Å². The Morgan fingerprint density at radius 1 is 1.58 bits per heavy atom. The van der Waals surface area contributed by atoms with Crippen molar-refractivity contribution in [3.8, 4) is 0 Å². The first kappa shape index (κ1) is 14.6. The minimum Gasteiger partial charge on any atom is -0.389 e. The van der Waals surface area contributed by atoms with Gasteiger partial charge in [-0.3, -0.25) is 0 Å². The molecule has 2 rings (SSSR count). The first-order chi connectivity index (χ1) is 9.10. The van der Waals surface area contributed by atoms with Gasteiger partial charge in [0.25, 0.3) is 0 Å². The SMILES string of the molecule is CCN1CCCC(Nc2cc(Cl)ccc2C(N)=S)C1. The Balaban J connectivity index is 2.13. The van der Waals surface area contributed by atoms with Gasteiger partial charge in [-0.2, -0.15) is 0 Å². The van der Waals surface area contributed by atoms with Crippen molar-refractivity contribution in [1.82, 2.24) is 4.90 Å². The Morgan fingerprint density at radius 3 is 3.05 bits per heavy atom. The molecule has 1 aliphatic heterocycles. The summed E-state index contributed by atoms with van der Waals surface area (Å²) in [6.07, 6.45) is 2.38. The third-order valence-electron chi connectivity index (χ3n) is 3.56. The molecule has 5 heteroatoms. The number of hydrogen-bond acceptors (Lipinski definition) is 3. The van der Waals surface area contributed by atoms with E-state index in [4.69, 9.17) is 29.6 Å². The lowest BCUT2D eigenvalue weighted by atomic mass is 10.0. The highest BCUT2D eigenvalue weighted by atomic mass is 35.5. The number of likely N-dealkylation sites (N-methyl/N-ethyl adjacent to an activating group) is 1. The third-order valence-corrected chi connectivity index (χ3v) is 4.01. The zero-order valence-electron chi connectivity index (χ0n) is 11.2. The molecule has 1 saturated heterocycles. The van der Waals surface area contributed by atoms with E-state index in [1.165, 1.54) is 19.4 Å². The molecular formula is C14H20ClN3S. The van der Waals surface area contributed by atoms with Gasteiger partial charge in [-0.1, -0.05) is 30.7 Å². The number of rotatable bonds is 4. The molecule has 0 amide bonds. The molecular weight excluding hydrogens is 278 g/mol. The van der Waals surface area contributed by atoms with E-state index in [0.29, 0.717) is 16.1 Å². The van der Waals surface area contributed by atoms with Gasteiger partial charge in [0, 0.05) is 28.9 Å². The maximum atomic E-state index is 6.06. The number of nitrogens with one attached hydrogen (secondary N) is 1. The van der Waals surface area contributed by atoms with Crippen molar-refractivity contribution in [2.45, 2.75) is 25.8 Å². The summed E-state index contributed by atoms with van der Waals surface area (Å²) in [4.78, 5) is 2.86. The van der Waals surface area contributed by atoms with Crippen LogP contribution in [0.25, 0.3) is 0 Å². The van der Waals surface area contributed by atoms with Gasteiger partial charge in [-0.05, 0) is 44.1 Å². The number of nitrogens with two attached hydrogens (primary N) is 1. The molecule has 1 fully saturated rings. The lowest BCUT2D eigenvalue weighted by Gasteiger charge is -2.33. The molecule has 3 nitrogen and oxygen atoms in total. The molecule has 1 aliphatic rings. The average molecular weight is 298 g/mol. The predicted molar refractivity (Wildman–Crippen MR) is 86.1 cm³/mol. The quantitative estimate of drug-likeness (QED) is 0.839. The van der Waals surface area contributed by atoms with Gasteiger partial charge < -0.3 is 16.0 Å². The number of thiocarbonyl (C=S) groups is 1. The molecule has 0 aliphatic carbocycles. The molecule has 0 spiro atoms. The van der Waals surface area contributed by atoms with Gasteiger partial charge in [0.05, 0.1) is 0 Å². The topological polar surface area (TPSA) is 41.3 Å². The number of anilines is 1. The Labute approximate surface area is 125 Å². The molecule has 104 valence electrons. The summed E-state index contributed by atoms with van der Waals surface area (Å²) in [5.41, 5.74) is 7.58. The van der Waals surface area contributed by atoms with Crippen molar-refractivity contribution in [3.05, 3.63) is 28.8 Å². The molecule has 1 unspecified atom stereocenters. The standard InChI is InChI=1S/C14H20ClN3S/c1-2-18-7-3-4-11(9-18)17-13-8-10(15)5-6-12(13)14(16)19/h5-6,8,11,17H,2-4,7,9H2,1H3,(H2,16,19). The first-order valence-electron chi connectivity index (χ1n) is 6.68. The molecule has 0 saturated carbocycles. The van der Waals surface area contributed by atoms with E-state index in [-0.39, 0.29) is 0 Å². The second-order valence-electron chi connectivity index (χ2n) is 4.93. The van der Waals surface area contributed by atoms with Crippen LogP contribution in [0.3, 0.4) is 0 Å². The maximum absolute atomic E-state index is 6.06. The molecule has 19 heavy (non-hydrogen) atoms. The van der Waals surface area contributed by atoms with Gasteiger partial charge in [0.15, 0.2) is 0 Å². The predicted octanol–water partition coefficient (Wildman–Crippen LogP) is 2.87. The lowest BCUT2D eigenvalue weighted by Crippen LogP contribution is -2.42. The summed E-state index contributed by atoms with van der Waals surface area (Å²) >= 11 is 11.2. The highest BCUT2D eigenvalue weighted by Crippen LogP contribution is 2.24. The lowest BCUT2D eigenvalue weighted by molar-refractivity contribution is 0.227. The van der Waals surface area contributed by atoms with Crippen molar-refractivity contribution in [3.63, 3.8) is 0 Å². The van der Waals surface area contributed by atoms with Crippen molar-refractivity contribution in [2.75, 3.05) is 25.0 Å². The summed E-state index contributed by atoms with van der Waals surface area (Å²) in [6.45, 7) is 5.53. The summed E-state index contributed by atoms with van der Waals surface area (Å²) in [5.74, 6) is 0. The number of benzene rings is 1. The van der Waals surface area contributed by atoms with Gasteiger partial charge >= 0.3 is 0 Å². The van der Waals surface area contributed by atoms with Crippen LogP contribution in [-0.2, 0) is 0 Å². The van der Waals surface area contributed by atoms with E-state index >= 15 is 0 Å². The fourth-order valence-electron chi connectivity index (χ4n) is 2.53. The number of likely N-dealkylation sites (tertiary alicyclic amines) is 1. The molecule has 1 atom stereocenters. The Hall–Kier alpha value is -0.840. The highest BCUT2D eigenvalue weighted by Gasteiger charge is 2.19. The van der Waals surface area contributed by atoms with Crippen LogP contribution in [0.5, 0.6) is 0 Å². The summed E-state index contributed by atoms with van der Waals surface area (Å²) in [7, 11) is 0. The zero-order valence-corrected chi connectivity index (χ0v) is 12.7. The van der Waals surface area contributed by atoms with Gasteiger partial charge in [0.1, 0.15) is 4.99 Å². The largest absolute Gasteiger partial charge is 0.389 e. The number of halogens is 1. The molecule has 1 aromatic rings. The van der Waals surface area contributed by atoms with Crippen LogP contribution >= 0.6 is 23.8 Å². The van der Waals surface area contributed by atoms with Crippen molar-refractivity contribution < 1.29 is 0 Å². The highest BCUT2D eigenvalue weighted by molar-refractivity contribution is 7.80. The fraction of sp³-hybridized carbons (Fsp3) is 0.500. The molecule has 1 heterocycles. The Morgan fingerprint density at radius 2 is 2.37 bits per heavy atom. The molecule has 0 aromatic heterocycles.